The third-order valence-corrected chi connectivity index (χ3v) is 0.952. The molecule has 2 heteroatoms. The van der Waals surface area contributed by atoms with Gasteiger partial charge in [0.15, 0.2) is 0 Å². The normalized spacial score (nSPS) is 8.57. The van der Waals surface area contributed by atoms with Crippen LogP contribution < -0.4 is 0 Å². The van der Waals surface area contributed by atoms with E-state index in [1.807, 2.05) is 12.3 Å². The van der Waals surface area contributed by atoms with Gasteiger partial charge in [0, 0.05) is 18.0 Å². The molecule has 0 atom stereocenters. The summed E-state index contributed by atoms with van der Waals surface area (Å²) in [5, 5.41) is 2.56. The fourth-order valence-electron chi connectivity index (χ4n) is 0.387. The molecule has 1 rings (SSSR count). The van der Waals surface area contributed by atoms with Crippen molar-refractivity contribution in [3.05, 3.63) is 24.0 Å². The van der Waals surface area contributed by atoms with Gasteiger partial charge in [-0.05, 0) is 6.07 Å². The maximum absolute atomic E-state index is 4.50. The van der Waals surface area contributed by atoms with Gasteiger partial charge in [-0.3, -0.25) is 0 Å². The summed E-state index contributed by atoms with van der Waals surface area (Å²) in [4.78, 5) is 2.85. The fourth-order valence-corrected chi connectivity index (χ4v) is 0.514. The largest absolute Gasteiger partial charge is 0.367 e. The maximum Gasteiger partial charge on any atom is 0.0651 e. The average molecular weight is 110 g/mol. The van der Waals surface area contributed by atoms with Crippen molar-refractivity contribution in [3.63, 3.8) is 0 Å². The van der Waals surface area contributed by atoms with E-state index in [-0.39, 0.29) is 0 Å². The number of hydrogen-bond donors (Lipinski definition) is 1. The molecule has 0 saturated heterocycles. The lowest BCUT2D eigenvalue weighted by atomic mass is 10.4. The zero-order chi connectivity index (χ0) is 5.11. The molecule has 1 aromatic heterocycles. The van der Waals surface area contributed by atoms with Gasteiger partial charge in [-0.2, -0.15) is 0 Å². The van der Waals surface area contributed by atoms with Crippen molar-refractivity contribution < 1.29 is 0 Å². The van der Waals surface area contributed by atoms with E-state index in [4.69, 9.17) is 0 Å². The Morgan fingerprint density at radius 3 is 2.86 bits per heavy atom. The van der Waals surface area contributed by atoms with Crippen LogP contribution in [0.3, 0.4) is 0 Å². The van der Waals surface area contributed by atoms with Crippen LogP contribution in [-0.4, -0.2) is 10.4 Å². The lowest BCUT2D eigenvalue weighted by Crippen LogP contribution is -1.63. The van der Waals surface area contributed by atoms with Gasteiger partial charge >= 0.3 is 0 Å². The second kappa shape index (κ2) is 1.89. The first-order chi connectivity index (χ1) is 3.43. The summed E-state index contributed by atoms with van der Waals surface area (Å²) >= 11 is 4.50. The van der Waals surface area contributed by atoms with E-state index in [2.05, 4.69) is 22.6 Å². The molecule has 0 aliphatic rings. The molecule has 0 fully saturated rings. The lowest BCUT2D eigenvalue weighted by molar-refractivity contribution is 1.41. The Morgan fingerprint density at radius 1 is 1.71 bits per heavy atom. The van der Waals surface area contributed by atoms with Crippen LogP contribution in [0.15, 0.2) is 18.5 Å². The van der Waals surface area contributed by atoms with Crippen molar-refractivity contribution in [2.75, 3.05) is 0 Å². The predicted molar refractivity (Wildman–Crippen MR) is 32.5 cm³/mol. The summed E-state index contributed by atoms with van der Waals surface area (Å²) in [5.41, 5.74) is 0.940. The molecule has 7 heavy (non-hydrogen) atoms. The Bertz CT molecular complexity index is 143. The van der Waals surface area contributed by atoms with Gasteiger partial charge in [0.1, 0.15) is 0 Å². The minimum atomic E-state index is 0.940. The highest BCUT2D eigenvalue weighted by atomic mass is 32.1. The molecule has 1 N–H and O–H groups in total. The summed E-state index contributed by atoms with van der Waals surface area (Å²) in [5.74, 6) is 0. The van der Waals surface area contributed by atoms with Crippen LogP contribution in [0.25, 0.3) is 0 Å². The van der Waals surface area contributed by atoms with Gasteiger partial charge in [-0.1, -0.05) is 12.2 Å². The Balaban J connectivity index is 2.96. The van der Waals surface area contributed by atoms with Crippen molar-refractivity contribution in [2.24, 2.45) is 0 Å². The minimum absolute atomic E-state index is 0.940. The van der Waals surface area contributed by atoms with Crippen LogP contribution in [0.1, 0.15) is 5.56 Å². The SMILES string of the molecule is S=[C]c1cc[nH]c1. The number of rotatable bonds is 1. The lowest BCUT2D eigenvalue weighted by Gasteiger charge is -1.67. The first-order valence-corrected chi connectivity index (χ1v) is 2.35. The molecule has 0 aromatic carbocycles. The van der Waals surface area contributed by atoms with Crippen LogP contribution in [0.2, 0.25) is 0 Å². The molecule has 0 aliphatic carbocycles. The van der Waals surface area contributed by atoms with Crippen molar-refractivity contribution >= 4 is 17.6 Å². The molecule has 1 nitrogen and oxygen atoms in total. The van der Waals surface area contributed by atoms with Crippen LogP contribution in [0, 0.1) is 0 Å². The number of thiocarbonyl (C=S) groups is 1. The van der Waals surface area contributed by atoms with Gasteiger partial charge in [0.05, 0.1) is 5.37 Å². The Morgan fingerprint density at radius 2 is 2.57 bits per heavy atom. The second-order valence-corrected chi connectivity index (χ2v) is 1.41. The molecule has 0 bridgehead atoms. The van der Waals surface area contributed by atoms with E-state index in [9.17, 15) is 0 Å². The van der Waals surface area contributed by atoms with E-state index in [0.717, 1.165) is 5.56 Å². The van der Waals surface area contributed by atoms with Gasteiger partial charge in [0.25, 0.3) is 0 Å². The summed E-state index contributed by atoms with van der Waals surface area (Å²) in [6.07, 6.45) is 3.61. The van der Waals surface area contributed by atoms with Crippen LogP contribution in [0.4, 0.5) is 0 Å². The number of aromatic nitrogens is 1. The molecule has 0 unspecified atom stereocenters. The van der Waals surface area contributed by atoms with Crippen molar-refractivity contribution in [1.82, 2.24) is 4.98 Å². The first-order valence-electron chi connectivity index (χ1n) is 1.94. The number of aromatic amines is 1. The van der Waals surface area contributed by atoms with Gasteiger partial charge in [-0.15, -0.1) is 0 Å². The Kier molecular flexibility index (Phi) is 1.22. The molecule has 0 amide bonds. The summed E-state index contributed by atoms with van der Waals surface area (Å²) in [7, 11) is 0. The zero-order valence-corrected chi connectivity index (χ0v) is 4.46. The van der Waals surface area contributed by atoms with Gasteiger partial charge in [0.2, 0.25) is 0 Å². The molecule has 1 heterocycles. The third kappa shape index (κ3) is 0.871. The van der Waals surface area contributed by atoms with Crippen LogP contribution >= 0.6 is 12.2 Å². The van der Waals surface area contributed by atoms with Crippen molar-refractivity contribution in [3.8, 4) is 0 Å². The third-order valence-electron chi connectivity index (χ3n) is 0.716. The van der Waals surface area contributed by atoms with Crippen LogP contribution in [0.5, 0.6) is 0 Å². The van der Waals surface area contributed by atoms with Crippen LogP contribution in [-0.2, 0) is 0 Å². The zero-order valence-electron chi connectivity index (χ0n) is 3.64. The molecule has 35 valence electrons. The van der Waals surface area contributed by atoms with E-state index in [1.54, 1.807) is 6.20 Å². The predicted octanol–water partition coefficient (Wildman–Crippen LogP) is 1.24. The minimum Gasteiger partial charge on any atom is -0.367 e. The fraction of sp³-hybridized carbons (Fsp3) is 0. The molecule has 1 aromatic rings. The smallest absolute Gasteiger partial charge is 0.0651 e. The first kappa shape index (κ1) is 4.53. The number of H-pyrrole nitrogens is 1. The van der Waals surface area contributed by atoms with Crippen molar-refractivity contribution in [2.45, 2.75) is 0 Å². The molecule has 0 aliphatic heterocycles. The maximum atomic E-state index is 4.50. The Labute approximate surface area is 47.4 Å². The van der Waals surface area contributed by atoms with E-state index >= 15 is 0 Å². The van der Waals surface area contributed by atoms with Gasteiger partial charge < -0.3 is 4.98 Å². The standard InChI is InChI=1S/C5H4NS/c7-4-5-1-2-6-3-5/h1-3,6H. The topological polar surface area (TPSA) is 15.8 Å². The van der Waals surface area contributed by atoms with Gasteiger partial charge in [-0.25, -0.2) is 0 Å². The quantitative estimate of drug-likeness (QED) is 0.538. The average Bonchev–Trinajstić information content (AvgIpc) is 2.14. The number of hydrogen-bond acceptors (Lipinski definition) is 1. The molecular formula is C5H4NS. The summed E-state index contributed by atoms with van der Waals surface area (Å²) in [6.45, 7) is 0. The molecule has 1 radical (unpaired) electrons. The van der Waals surface area contributed by atoms with Crippen molar-refractivity contribution in [1.29, 1.82) is 0 Å². The van der Waals surface area contributed by atoms with E-state index in [1.165, 1.54) is 0 Å². The Hall–Kier alpha value is -0.630. The monoisotopic (exact) mass is 110 g/mol. The van der Waals surface area contributed by atoms with E-state index in [0.29, 0.717) is 0 Å². The molecular weight excluding hydrogens is 106 g/mol. The summed E-state index contributed by atoms with van der Waals surface area (Å²) in [6, 6.07) is 1.87. The second-order valence-electron chi connectivity index (χ2n) is 1.20. The highest BCUT2D eigenvalue weighted by molar-refractivity contribution is 7.79. The molecule has 0 saturated carbocycles. The molecule has 0 spiro atoms. The highest BCUT2D eigenvalue weighted by Crippen LogP contribution is 1.89. The number of nitrogens with one attached hydrogen (secondary N) is 1. The van der Waals surface area contributed by atoms with E-state index < -0.39 is 0 Å². The summed E-state index contributed by atoms with van der Waals surface area (Å²) < 4.78 is 0. The highest BCUT2D eigenvalue weighted by Gasteiger charge is 1.79.